The van der Waals surface area contributed by atoms with E-state index in [1.807, 2.05) is 23.5 Å². The zero-order valence-corrected chi connectivity index (χ0v) is 12.4. The Hall–Kier alpha value is -1.03. The standard InChI is InChI=1S/C15H18N2S.ClH/c16-13-4-1-3-12(9-13)10-17(14-6-7-14)11-15-5-2-8-18-15;/h1-5,8-9,14H,6-7,10-11,16H2;1H. The minimum Gasteiger partial charge on any atom is -0.399 e. The van der Waals surface area contributed by atoms with Crippen LogP contribution in [-0.4, -0.2) is 10.9 Å². The molecule has 0 aliphatic heterocycles. The Morgan fingerprint density at radius 3 is 2.63 bits per heavy atom. The molecule has 2 aromatic rings. The second kappa shape index (κ2) is 6.42. The quantitative estimate of drug-likeness (QED) is 0.847. The van der Waals surface area contributed by atoms with Gasteiger partial charge in [0, 0.05) is 29.7 Å². The van der Waals surface area contributed by atoms with Gasteiger partial charge in [0.2, 0.25) is 0 Å². The predicted molar refractivity (Wildman–Crippen MR) is 84.7 cm³/mol. The van der Waals surface area contributed by atoms with E-state index in [1.165, 1.54) is 23.3 Å². The first-order valence-electron chi connectivity index (χ1n) is 6.42. The first-order valence-corrected chi connectivity index (χ1v) is 7.30. The molecular weight excluding hydrogens is 276 g/mol. The number of nitrogen functional groups attached to an aromatic ring is 1. The summed E-state index contributed by atoms with van der Waals surface area (Å²) in [5, 5.41) is 2.15. The van der Waals surface area contributed by atoms with Crippen LogP contribution in [0.2, 0.25) is 0 Å². The number of hydrogen-bond acceptors (Lipinski definition) is 3. The topological polar surface area (TPSA) is 29.3 Å². The maximum Gasteiger partial charge on any atom is 0.0334 e. The van der Waals surface area contributed by atoms with E-state index in [2.05, 4.69) is 34.5 Å². The molecule has 1 saturated carbocycles. The van der Waals surface area contributed by atoms with Crippen molar-refractivity contribution in [1.82, 2.24) is 4.90 Å². The number of nitrogens with zero attached hydrogens (tertiary/aromatic N) is 1. The van der Waals surface area contributed by atoms with Gasteiger partial charge >= 0.3 is 0 Å². The summed E-state index contributed by atoms with van der Waals surface area (Å²) >= 11 is 1.84. The van der Waals surface area contributed by atoms with E-state index in [1.54, 1.807) is 0 Å². The molecule has 0 amide bonds. The van der Waals surface area contributed by atoms with Crippen LogP contribution in [0.3, 0.4) is 0 Å². The normalized spacial score (nSPS) is 14.4. The Labute approximate surface area is 124 Å². The lowest BCUT2D eigenvalue weighted by molar-refractivity contribution is 0.248. The molecule has 0 unspecified atom stereocenters. The maximum absolute atomic E-state index is 5.85. The summed E-state index contributed by atoms with van der Waals surface area (Å²) in [6.07, 6.45) is 2.68. The van der Waals surface area contributed by atoms with Crippen LogP contribution in [0.4, 0.5) is 5.69 Å². The van der Waals surface area contributed by atoms with Gasteiger partial charge in [-0.3, -0.25) is 4.90 Å². The van der Waals surface area contributed by atoms with Crippen molar-refractivity contribution >= 4 is 29.4 Å². The first-order chi connectivity index (χ1) is 8.81. The molecule has 1 fully saturated rings. The number of hydrogen-bond donors (Lipinski definition) is 1. The molecule has 1 aromatic heterocycles. The van der Waals surface area contributed by atoms with Crippen LogP contribution in [0.25, 0.3) is 0 Å². The van der Waals surface area contributed by atoms with Crippen LogP contribution in [0.15, 0.2) is 41.8 Å². The van der Waals surface area contributed by atoms with Gasteiger partial charge in [-0.1, -0.05) is 18.2 Å². The number of anilines is 1. The number of benzene rings is 1. The molecule has 102 valence electrons. The Balaban J connectivity index is 0.00000133. The summed E-state index contributed by atoms with van der Waals surface area (Å²) in [6.45, 7) is 2.07. The van der Waals surface area contributed by atoms with Crippen molar-refractivity contribution in [3.05, 3.63) is 52.2 Å². The fourth-order valence-corrected chi connectivity index (χ4v) is 3.01. The van der Waals surface area contributed by atoms with Crippen LogP contribution in [0.1, 0.15) is 23.3 Å². The fourth-order valence-electron chi connectivity index (χ4n) is 2.28. The number of rotatable bonds is 5. The molecule has 0 spiro atoms. The van der Waals surface area contributed by atoms with Gasteiger partial charge in [-0.05, 0) is 42.0 Å². The van der Waals surface area contributed by atoms with E-state index in [9.17, 15) is 0 Å². The molecule has 4 heteroatoms. The summed E-state index contributed by atoms with van der Waals surface area (Å²) in [7, 11) is 0. The Bertz CT molecular complexity index is 509. The SMILES string of the molecule is Cl.Nc1cccc(CN(Cc2cccs2)C2CC2)c1. The average molecular weight is 295 g/mol. The van der Waals surface area contributed by atoms with Crippen molar-refractivity contribution in [3.63, 3.8) is 0 Å². The zero-order valence-electron chi connectivity index (χ0n) is 10.8. The van der Waals surface area contributed by atoms with Crippen LogP contribution in [0.5, 0.6) is 0 Å². The Morgan fingerprint density at radius 2 is 2.00 bits per heavy atom. The number of nitrogens with two attached hydrogens (primary N) is 1. The van der Waals surface area contributed by atoms with Crippen molar-refractivity contribution in [2.24, 2.45) is 0 Å². The second-order valence-electron chi connectivity index (χ2n) is 4.96. The monoisotopic (exact) mass is 294 g/mol. The molecule has 2 nitrogen and oxygen atoms in total. The highest BCUT2D eigenvalue weighted by atomic mass is 35.5. The number of halogens is 1. The van der Waals surface area contributed by atoms with Crippen LogP contribution >= 0.6 is 23.7 Å². The molecule has 1 aromatic carbocycles. The summed E-state index contributed by atoms with van der Waals surface area (Å²) < 4.78 is 0. The van der Waals surface area contributed by atoms with Gasteiger partial charge in [-0.15, -0.1) is 23.7 Å². The van der Waals surface area contributed by atoms with E-state index in [0.29, 0.717) is 0 Å². The molecule has 0 atom stereocenters. The summed E-state index contributed by atoms with van der Waals surface area (Å²) in [5.74, 6) is 0. The van der Waals surface area contributed by atoms with Crippen molar-refractivity contribution in [2.75, 3.05) is 5.73 Å². The van der Waals surface area contributed by atoms with Crippen molar-refractivity contribution in [2.45, 2.75) is 32.0 Å². The second-order valence-corrected chi connectivity index (χ2v) is 5.99. The van der Waals surface area contributed by atoms with Crippen LogP contribution < -0.4 is 5.73 Å². The largest absolute Gasteiger partial charge is 0.399 e. The molecule has 1 aliphatic carbocycles. The lowest BCUT2D eigenvalue weighted by atomic mass is 10.2. The molecule has 0 bridgehead atoms. The highest BCUT2D eigenvalue weighted by Crippen LogP contribution is 2.30. The van der Waals surface area contributed by atoms with E-state index >= 15 is 0 Å². The highest BCUT2D eigenvalue weighted by molar-refractivity contribution is 7.09. The van der Waals surface area contributed by atoms with Crippen LogP contribution in [0, 0.1) is 0 Å². The smallest absolute Gasteiger partial charge is 0.0334 e. The summed E-state index contributed by atoms with van der Waals surface area (Å²) in [4.78, 5) is 4.02. The average Bonchev–Trinajstić information content (AvgIpc) is 3.08. The molecule has 3 rings (SSSR count). The third-order valence-corrected chi connectivity index (χ3v) is 4.20. The van der Waals surface area contributed by atoms with Gasteiger partial charge in [0.05, 0.1) is 0 Å². The molecule has 0 saturated heterocycles. The predicted octanol–water partition coefficient (Wildman–Crippen LogP) is 3.92. The summed E-state index contributed by atoms with van der Waals surface area (Å²) in [6, 6.07) is 13.4. The minimum atomic E-state index is 0. The molecule has 1 aliphatic rings. The van der Waals surface area contributed by atoms with E-state index in [0.717, 1.165) is 24.8 Å². The van der Waals surface area contributed by atoms with Crippen molar-refractivity contribution in [3.8, 4) is 0 Å². The molecular formula is C15H19ClN2S. The number of thiophene rings is 1. The van der Waals surface area contributed by atoms with Gasteiger partial charge < -0.3 is 5.73 Å². The lowest BCUT2D eigenvalue weighted by Gasteiger charge is -2.21. The highest BCUT2D eigenvalue weighted by Gasteiger charge is 2.29. The van der Waals surface area contributed by atoms with Crippen LogP contribution in [-0.2, 0) is 13.1 Å². The third-order valence-electron chi connectivity index (χ3n) is 3.34. The van der Waals surface area contributed by atoms with Gasteiger partial charge in [0.15, 0.2) is 0 Å². The lowest BCUT2D eigenvalue weighted by Crippen LogP contribution is -2.24. The Morgan fingerprint density at radius 1 is 1.16 bits per heavy atom. The van der Waals surface area contributed by atoms with E-state index in [4.69, 9.17) is 5.73 Å². The molecule has 1 heterocycles. The van der Waals surface area contributed by atoms with Gasteiger partial charge in [-0.2, -0.15) is 0 Å². The van der Waals surface area contributed by atoms with Gasteiger partial charge in [-0.25, -0.2) is 0 Å². The van der Waals surface area contributed by atoms with E-state index < -0.39 is 0 Å². The van der Waals surface area contributed by atoms with Crippen molar-refractivity contribution in [1.29, 1.82) is 0 Å². The molecule has 2 N–H and O–H groups in total. The Kier molecular flexibility index (Phi) is 4.86. The fraction of sp³-hybridized carbons (Fsp3) is 0.333. The van der Waals surface area contributed by atoms with Crippen molar-refractivity contribution < 1.29 is 0 Å². The zero-order chi connectivity index (χ0) is 12.4. The van der Waals surface area contributed by atoms with Gasteiger partial charge in [0.1, 0.15) is 0 Å². The summed E-state index contributed by atoms with van der Waals surface area (Å²) in [5.41, 5.74) is 8.02. The maximum atomic E-state index is 5.85. The van der Waals surface area contributed by atoms with Gasteiger partial charge in [0.25, 0.3) is 0 Å². The first kappa shape index (κ1) is 14.4. The van der Waals surface area contributed by atoms with E-state index in [-0.39, 0.29) is 12.4 Å². The minimum absolute atomic E-state index is 0. The molecule has 0 radical (unpaired) electrons. The molecule has 19 heavy (non-hydrogen) atoms. The third kappa shape index (κ3) is 3.96.